The van der Waals surface area contributed by atoms with Crippen LogP contribution in [0, 0.1) is 5.92 Å². The topological polar surface area (TPSA) is 57.7 Å². The molecule has 1 atom stereocenters. The van der Waals surface area contributed by atoms with Crippen molar-refractivity contribution in [1.29, 1.82) is 0 Å². The number of aromatic nitrogens is 1. The quantitative estimate of drug-likeness (QED) is 0.852. The lowest BCUT2D eigenvalue weighted by atomic mass is 9.89. The molecule has 0 aromatic carbocycles. The van der Waals surface area contributed by atoms with Gasteiger partial charge in [-0.1, -0.05) is 6.07 Å². The van der Waals surface area contributed by atoms with Gasteiger partial charge in [0, 0.05) is 52.2 Å². The van der Waals surface area contributed by atoms with Crippen LogP contribution in [0.3, 0.4) is 0 Å². The minimum Gasteiger partial charge on any atom is -0.369 e. The van der Waals surface area contributed by atoms with Crippen molar-refractivity contribution in [2.24, 2.45) is 5.92 Å². The van der Waals surface area contributed by atoms with Crippen molar-refractivity contribution in [2.75, 3.05) is 39.8 Å². The van der Waals surface area contributed by atoms with Crippen LogP contribution in [0.15, 0.2) is 24.5 Å². The zero-order chi connectivity index (χ0) is 16.6. The van der Waals surface area contributed by atoms with Crippen molar-refractivity contribution in [3.8, 4) is 0 Å². The predicted octanol–water partition coefficient (Wildman–Crippen LogP) is 0.493. The molecule has 0 bridgehead atoms. The highest BCUT2D eigenvalue weighted by atomic mass is 16.5. The van der Waals surface area contributed by atoms with Crippen LogP contribution < -0.4 is 5.32 Å². The van der Waals surface area contributed by atoms with Gasteiger partial charge >= 0.3 is 0 Å². The third-order valence-corrected chi connectivity index (χ3v) is 5.37. The van der Waals surface area contributed by atoms with E-state index < -0.39 is 0 Å². The van der Waals surface area contributed by atoms with Crippen LogP contribution >= 0.6 is 0 Å². The highest BCUT2D eigenvalue weighted by molar-refractivity contribution is 5.81. The molecule has 1 amide bonds. The van der Waals surface area contributed by atoms with Crippen LogP contribution in [0.1, 0.15) is 18.4 Å². The maximum atomic E-state index is 12.2. The number of ether oxygens (including phenoxy) is 1. The number of carbonyl (C=O) groups excluding carboxylic acids is 1. The summed E-state index contributed by atoms with van der Waals surface area (Å²) in [6.45, 7) is 5.19. The van der Waals surface area contributed by atoms with E-state index in [4.69, 9.17) is 4.74 Å². The van der Waals surface area contributed by atoms with Gasteiger partial charge in [0.2, 0.25) is 5.91 Å². The first-order valence-corrected chi connectivity index (χ1v) is 8.88. The summed E-state index contributed by atoms with van der Waals surface area (Å²) in [5.74, 6) is 0.857. The number of nitrogens with zero attached hydrogens (tertiary/aromatic N) is 3. The van der Waals surface area contributed by atoms with Gasteiger partial charge < -0.3 is 10.1 Å². The van der Waals surface area contributed by atoms with Crippen molar-refractivity contribution >= 4 is 5.91 Å². The number of hydrogen-bond donors (Lipinski definition) is 1. The number of nitrogens with one attached hydrogen (secondary N) is 1. The van der Waals surface area contributed by atoms with Crippen LogP contribution in [-0.4, -0.2) is 72.2 Å². The summed E-state index contributed by atoms with van der Waals surface area (Å²) in [5, 5.41) is 2.79. The molecule has 1 unspecified atom stereocenters. The molecule has 1 aromatic rings. The van der Waals surface area contributed by atoms with E-state index in [1.165, 1.54) is 18.4 Å². The van der Waals surface area contributed by atoms with Gasteiger partial charge in [0.25, 0.3) is 0 Å². The van der Waals surface area contributed by atoms with Gasteiger partial charge in [0.15, 0.2) is 0 Å². The molecule has 2 aliphatic heterocycles. The fourth-order valence-electron chi connectivity index (χ4n) is 3.94. The SMILES string of the molecule is CNC(=O)C1COC2(CN(Cc3cccnc3)C2)CN1CC1CC1. The average Bonchev–Trinajstić information content (AvgIpc) is 3.38. The molecule has 6 nitrogen and oxygen atoms in total. The van der Waals surface area contributed by atoms with Crippen molar-refractivity contribution in [3.63, 3.8) is 0 Å². The van der Waals surface area contributed by atoms with Gasteiger partial charge in [0.1, 0.15) is 11.6 Å². The zero-order valence-electron chi connectivity index (χ0n) is 14.3. The lowest BCUT2D eigenvalue weighted by Gasteiger charge is -2.55. The molecular weight excluding hydrogens is 304 g/mol. The van der Waals surface area contributed by atoms with Gasteiger partial charge in [-0.05, 0) is 30.4 Å². The molecule has 1 N–H and O–H groups in total. The zero-order valence-corrected chi connectivity index (χ0v) is 14.3. The van der Waals surface area contributed by atoms with Crippen molar-refractivity contribution in [1.82, 2.24) is 20.1 Å². The summed E-state index contributed by atoms with van der Waals surface area (Å²) in [4.78, 5) is 21.1. The molecule has 6 heteroatoms. The lowest BCUT2D eigenvalue weighted by molar-refractivity contribution is -0.203. The number of morpholine rings is 1. The second-order valence-electron chi connectivity index (χ2n) is 7.50. The Kier molecular flexibility index (Phi) is 4.28. The fraction of sp³-hybridized carbons (Fsp3) is 0.667. The highest BCUT2D eigenvalue weighted by Gasteiger charge is 2.50. The molecule has 3 aliphatic rings. The van der Waals surface area contributed by atoms with E-state index in [1.807, 2.05) is 12.3 Å². The Morgan fingerprint density at radius 1 is 1.42 bits per heavy atom. The summed E-state index contributed by atoms with van der Waals surface area (Å²) in [5.41, 5.74) is 1.14. The summed E-state index contributed by atoms with van der Waals surface area (Å²) < 4.78 is 6.18. The van der Waals surface area contributed by atoms with E-state index in [0.717, 1.165) is 38.6 Å². The molecule has 1 aliphatic carbocycles. The molecule has 1 saturated carbocycles. The van der Waals surface area contributed by atoms with Crippen LogP contribution in [-0.2, 0) is 16.1 Å². The Balaban J connectivity index is 1.36. The van der Waals surface area contributed by atoms with E-state index in [9.17, 15) is 4.79 Å². The first-order valence-electron chi connectivity index (χ1n) is 8.88. The molecule has 1 spiro atoms. The van der Waals surface area contributed by atoms with Crippen LogP contribution in [0.5, 0.6) is 0 Å². The molecule has 4 rings (SSSR count). The number of rotatable bonds is 5. The van der Waals surface area contributed by atoms with E-state index >= 15 is 0 Å². The average molecular weight is 330 g/mol. The molecular formula is C18H26N4O2. The second-order valence-corrected chi connectivity index (χ2v) is 7.50. The van der Waals surface area contributed by atoms with Crippen molar-refractivity contribution in [3.05, 3.63) is 30.1 Å². The first-order chi connectivity index (χ1) is 11.7. The predicted molar refractivity (Wildman–Crippen MR) is 90.3 cm³/mol. The fourth-order valence-corrected chi connectivity index (χ4v) is 3.94. The van der Waals surface area contributed by atoms with Gasteiger partial charge in [-0.3, -0.25) is 19.6 Å². The molecule has 2 saturated heterocycles. The lowest BCUT2D eigenvalue weighted by Crippen LogP contribution is -2.72. The van der Waals surface area contributed by atoms with E-state index in [2.05, 4.69) is 26.2 Å². The normalized spacial score (nSPS) is 27.0. The smallest absolute Gasteiger partial charge is 0.239 e. The minimum atomic E-state index is -0.131. The number of carbonyl (C=O) groups is 1. The largest absolute Gasteiger partial charge is 0.369 e. The molecule has 24 heavy (non-hydrogen) atoms. The Labute approximate surface area is 143 Å². The number of likely N-dealkylation sites (tertiary alicyclic amines) is 1. The molecule has 3 heterocycles. The molecule has 3 fully saturated rings. The van der Waals surface area contributed by atoms with Crippen molar-refractivity contribution < 1.29 is 9.53 Å². The highest BCUT2D eigenvalue weighted by Crippen LogP contribution is 2.36. The summed E-state index contributed by atoms with van der Waals surface area (Å²) in [6.07, 6.45) is 6.34. The first kappa shape index (κ1) is 16.0. The van der Waals surface area contributed by atoms with E-state index in [0.29, 0.717) is 6.61 Å². The van der Waals surface area contributed by atoms with E-state index in [-0.39, 0.29) is 17.6 Å². The minimum absolute atomic E-state index is 0.0806. The Hall–Kier alpha value is -1.50. The van der Waals surface area contributed by atoms with Crippen LogP contribution in [0.4, 0.5) is 0 Å². The Morgan fingerprint density at radius 2 is 2.25 bits per heavy atom. The van der Waals surface area contributed by atoms with Crippen molar-refractivity contribution in [2.45, 2.75) is 31.0 Å². The number of pyridine rings is 1. The standard InChI is InChI=1S/C18H26N4O2/c1-19-17(23)16-10-24-18(13-22(16)9-14-4-5-14)11-21(12-18)8-15-3-2-6-20-7-15/h2-3,6-7,14,16H,4-5,8-13H2,1H3,(H,19,23). The maximum Gasteiger partial charge on any atom is 0.239 e. The Bertz CT molecular complexity index is 584. The summed E-state index contributed by atoms with van der Waals surface area (Å²) in [6, 6.07) is 3.96. The summed E-state index contributed by atoms with van der Waals surface area (Å²) >= 11 is 0. The summed E-state index contributed by atoms with van der Waals surface area (Å²) in [7, 11) is 1.71. The number of likely N-dealkylation sites (N-methyl/N-ethyl adjacent to an activating group) is 1. The van der Waals surface area contributed by atoms with Gasteiger partial charge in [-0.25, -0.2) is 0 Å². The maximum absolute atomic E-state index is 12.2. The monoisotopic (exact) mass is 330 g/mol. The van der Waals surface area contributed by atoms with Gasteiger partial charge in [0.05, 0.1) is 6.61 Å². The molecule has 0 radical (unpaired) electrons. The second kappa shape index (κ2) is 6.43. The van der Waals surface area contributed by atoms with Gasteiger partial charge in [-0.2, -0.15) is 0 Å². The number of amides is 1. The number of hydrogen-bond acceptors (Lipinski definition) is 5. The third-order valence-electron chi connectivity index (χ3n) is 5.37. The molecule has 1 aromatic heterocycles. The van der Waals surface area contributed by atoms with Crippen LogP contribution in [0.25, 0.3) is 0 Å². The third kappa shape index (κ3) is 3.31. The Morgan fingerprint density at radius 3 is 2.92 bits per heavy atom. The van der Waals surface area contributed by atoms with E-state index in [1.54, 1.807) is 13.2 Å². The van der Waals surface area contributed by atoms with Gasteiger partial charge in [-0.15, -0.1) is 0 Å². The van der Waals surface area contributed by atoms with Crippen LogP contribution in [0.2, 0.25) is 0 Å². The molecule has 130 valence electrons.